The third-order valence-corrected chi connectivity index (χ3v) is 3.47. The molecule has 1 aliphatic rings. The monoisotopic (exact) mass is 237 g/mol. The van der Waals surface area contributed by atoms with Gasteiger partial charge >= 0.3 is 0 Å². The van der Waals surface area contributed by atoms with Gasteiger partial charge in [0, 0.05) is 12.5 Å². The van der Waals surface area contributed by atoms with Crippen LogP contribution in [0.2, 0.25) is 0 Å². The van der Waals surface area contributed by atoms with E-state index >= 15 is 0 Å². The molecule has 1 aromatic rings. The van der Waals surface area contributed by atoms with Gasteiger partial charge in [0.25, 0.3) is 0 Å². The lowest BCUT2D eigenvalue weighted by molar-refractivity contribution is 0.137. The largest absolute Gasteiger partial charge is 0.497 e. The molecule has 3 heteroatoms. The van der Waals surface area contributed by atoms with Crippen molar-refractivity contribution in [1.82, 2.24) is 5.32 Å². The van der Waals surface area contributed by atoms with Crippen molar-refractivity contribution in [3.05, 3.63) is 29.8 Å². The number of benzene rings is 1. The molecule has 2 rings (SSSR count). The van der Waals surface area contributed by atoms with Gasteiger partial charge in [0.1, 0.15) is 11.4 Å². The topological polar surface area (TPSA) is 21.3 Å². The first-order valence-electron chi connectivity index (χ1n) is 6.17. The summed E-state index contributed by atoms with van der Waals surface area (Å²) < 4.78 is 19.8. The van der Waals surface area contributed by atoms with Crippen LogP contribution in [0, 0.1) is 0 Å². The Morgan fingerprint density at radius 3 is 3.00 bits per heavy atom. The molecule has 2 nitrogen and oxygen atoms in total. The van der Waals surface area contributed by atoms with E-state index in [9.17, 15) is 4.39 Å². The third kappa shape index (κ3) is 2.97. The smallest absolute Gasteiger partial charge is 0.127 e. The summed E-state index contributed by atoms with van der Waals surface area (Å²) in [5, 5.41) is 3.24. The first kappa shape index (κ1) is 12.4. The number of halogens is 1. The van der Waals surface area contributed by atoms with E-state index in [0.717, 1.165) is 30.7 Å². The Kier molecular flexibility index (Phi) is 3.67. The average Bonchev–Trinajstić information content (AvgIpc) is 2.83. The summed E-state index contributed by atoms with van der Waals surface area (Å²) in [5.41, 5.74) is -0.203. The summed E-state index contributed by atoms with van der Waals surface area (Å²) in [6, 6.07) is 7.63. The molecule has 0 aliphatic carbocycles. The lowest BCUT2D eigenvalue weighted by Crippen LogP contribution is -2.43. The van der Waals surface area contributed by atoms with Crippen LogP contribution in [0.15, 0.2) is 24.3 Å². The van der Waals surface area contributed by atoms with Gasteiger partial charge in [-0.25, -0.2) is 4.39 Å². The van der Waals surface area contributed by atoms with Crippen LogP contribution in [0.5, 0.6) is 5.75 Å². The Hall–Kier alpha value is -1.09. The molecule has 1 aromatic carbocycles. The van der Waals surface area contributed by atoms with Crippen molar-refractivity contribution in [2.45, 2.75) is 37.9 Å². The molecule has 17 heavy (non-hydrogen) atoms. The van der Waals surface area contributed by atoms with Gasteiger partial charge in [-0.1, -0.05) is 12.1 Å². The van der Waals surface area contributed by atoms with E-state index < -0.39 is 5.67 Å². The summed E-state index contributed by atoms with van der Waals surface area (Å²) in [5.74, 6) is 0.790. The van der Waals surface area contributed by atoms with Crippen LogP contribution in [0.3, 0.4) is 0 Å². The molecule has 0 radical (unpaired) electrons. The second-order valence-electron chi connectivity index (χ2n) is 4.96. The van der Waals surface area contributed by atoms with Gasteiger partial charge in [0.2, 0.25) is 0 Å². The zero-order valence-corrected chi connectivity index (χ0v) is 10.5. The van der Waals surface area contributed by atoms with Crippen LogP contribution in [0.25, 0.3) is 0 Å². The molecular weight excluding hydrogens is 217 g/mol. The Morgan fingerprint density at radius 1 is 1.53 bits per heavy atom. The quantitative estimate of drug-likeness (QED) is 0.869. The molecule has 0 spiro atoms. The third-order valence-electron chi connectivity index (χ3n) is 3.47. The highest BCUT2D eigenvalue weighted by Gasteiger charge is 2.36. The lowest BCUT2D eigenvalue weighted by atomic mass is 9.90. The molecule has 0 aromatic heterocycles. The van der Waals surface area contributed by atoms with Gasteiger partial charge in [-0.15, -0.1) is 0 Å². The SMILES string of the molecule is COc1cccc(CC(C)(F)C2CCCN2)c1. The zero-order valence-electron chi connectivity index (χ0n) is 10.5. The van der Waals surface area contributed by atoms with Gasteiger partial charge in [0.05, 0.1) is 7.11 Å². The fraction of sp³-hybridized carbons (Fsp3) is 0.571. The summed E-state index contributed by atoms with van der Waals surface area (Å²) in [6.45, 7) is 2.62. The van der Waals surface area contributed by atoms with Crippen LogP contribution in [0.1, 0.15) is 25.3 Å². The molecule has 1 heterocycles. The minimum atomic E-state index is -1.19. The molecule has 1 aliphatic heterocycles. The predicted molar refractivity (Wildman–Crippen MR) is 67.2 cm³/mol. The van der Waals surface area contributed by atoms with E-state index in [2.05, 4.69) is 5.32 Å². The van der Waals surface area contributed by atoms with Gasteiger partial charge < -0.3 is 10.1 Å². The molecule has 0 saturated carbocycles. The molecule has 0 amide bonds. The minimum Gasteiger partial charge on any atom is -0.497 e. The molecule has 1 N–H and O–H groups in total. The van der Waals surface area contributed by atoms with Gasteiger partial charge in [-0.2, -0.15) is 0 Å². The maximum absolute atomic E-state index is 14.6. The Labute approximate surface area is 102 Å². The molecule has 0 bridgehead atoms. The molecule has 94 valence electrons. The minimum absolute atomic E-state index is 0.0197. The van der Waals surface area contributed by atoms with Crippen molar-refractivity contribution < 1.29 is 9.13 Å². The second-order valence-corrected chi connectivity index (χ2v) is 4.96. The maximum atomic E-state index is 14.6. The van der Waals surface area contributed by atoms with E-state index in [1.54, 1.807) is 14.0 Å². The molecule has 2 atom stereocenters. The standard InChI is InChI=1S/C14H20FNO/c1-14(15,13-7-4-8-16-13)10-11-5-3-6-12(9-11)17-2/h3,5-6,9,13,16H,4,7-8,10H2,1-2H3. The number of ether oxygens (including phenoxy) is 1. The number of alkyl halides is 1. The normalized spacial score (nSPS) is 23.4. The molecule has 1 fully saturated rings. The number of hydrogen-bond donors (Lipinski definition) is 1. The first-order valence-corrected chi connectivity index (χ1v) is 6.17. The van der Waals surface area contributed by atoms with Crippen molar-refractivity contribution in [1.29, 1.82) is 0 Å². The highest BCUT2D eigenvalue weighted by Crippen LogP contribution is 2.28. The van der Waals surface area contributed by atoms with Crippen LogP contribution in [0.4, 0.5) is 4.39 Å². The summed E-state index contributed by atoms with van der Waals surface area (Å²) >= 11 is 0. The first-order chi connectivity index (χ1) is 8.12. The highest BCUT2D eigenvalue weighted by molar-refractivity contribution is 5.29. The van der Waals surface area contributed by atoms with Crippen molar-refractivity contribution >= 4 is 0 Å². The number of rotatable bonds is 4. The molecule has 1 saturated heterocycles. The van der Waals surface area contributed by atoms with Crippen LogP contribution >= 0.6 is 0 Å². The fourth-order valence-electron chi connectivity index (χ4n) is 2.50. The van der Waals surface area contributed by atoms with Gasteiger partial charge in [0.15, 0.2) is 0 Å². The van der Waals surface area contributed by atoms with Crippen LogP contribution in [-0.2, 0) is 6.42 Å². The van der Waals surface area contributed by atoms with Crippen molar-refractivity contribution in [3.8, 4) is 5.75 Å². The van der Waals surface area contributed by atoms with E-state index in [1.807, 2.05) is 24.3 Å². The Bertz CT molecular complexity index is 372. The van der Waals surface area contributed by atoms with E-state index in [-0.39, 0.29) is 6.04 Å². The number of nitrogens with one attached hydrogen (secondary N) is 1. The summed E-state index contributed by atoms with van der Waals surface area (Å²) in [6.07, 6.45) is 2.43. The average molecular weight is 237 g/mol. The second kappa shape index (κ2) is 5.05. The van der Waals surface area contributed by atoms with Crippen LogP contribution < -0.4 is 10.1 Å². The van der Waals surface area contributed by atoms with Gasteiger partial charge in [-0.3, -0.25) is 0 Å². The summed E-state index contributed by atoms with van der Waals surface area (Å²) in [4.78, 5) is 0. The predicted octanol–water partition coefficient (Wildman–Crippen LogP) is 2.72. The Balaban J connectivity index is 2.07. The maximum Gasteiger partial charge on any atom is 0.127 e. The zero-order chi connectivity index (χ0) is 12.3. The van der Waals surface area contributed by atoms with Crippen LogP contribution in [-0.4, -0.2) is 25.4 Å². The van der Waals surface area contributed by atoms with Crippen molar-refractivity contribution in [3.63, 3.8) is 0 Å². The lowest BCUT2D eigenvalue weighted by Gasteiger charge is -2.27. The van der Waals surface area contributed by atoms with E-state index in [4.69, 9.17) is 4.74 Å². The van der Waals surface area contributed by atoms with E-state index in [0.29, 0.717) is 6.42 Å². The van der Waals surface area contributed by atoms with Gasteiger partial charge in [-0.05, 0) is 44.0 Å². The highest BCUT2D eigenvalue weighted by atomic mass is 19.1. The molecule has 2 unspecified atom stereocenters. The van der Waals surface area contributed by atoms with E-state index in [1.165, 1.54) is 0 Å². The van der Waals surface area contributed by atoms with Crippen molar-refractivity contribution in [2.75, 3.05) is 13.7 Å². The Morgan fingerprint density at radius 2 is 2.35 bits per heavy atom. The summed E-state index contributed by atoms with van der Waals surface area (Å²) in [7, 11) is 1.63. The molecular formula is C14H20FNO. The fourth-order valence-corrected chi connectivity index (χ4v) is 2.50. The number of hydrogen-bond acceptors (Lipinski definition) is 2. The number of methoxy groups -OCH3 is 1. The van der Waals surface area contributed by atoms with Crippen molar-refractivity contribution in [2.24, 2.45) is 0 Å².